The van der Waals surface area contributed by atoms with E-state index < -0.39 is 10.0 Å². The Balaban J connectivity index is 0.00000261. The average Bonchev–Trinajstić information content (AvgIpc) is 3.09. The average molecular weight is 430 g/mol. The van der Waals surface area contributed by atoms with Crippen molar-refractivity contribution in [2.45, 2.75) is 30.0 Å². The fraction of sp³-hybridized carbons (Fsp3) is 0.389. The third-order valence-electron chi connectivity index (χ3n) is 4.34. The van der Waals surface area contributed by atoms with Gasteiger partial charge in [0.15, 0.2) is 0 Å². The van der Waals surface area contributed by atoms with E-state index in [0.29, 0.717) is 23.7 Å². The van der Waals surface area contributed by atoms with Crippen molar-refractivity contribution in [1.29, 1.82) is 0 Å². The number of carbonyl (C=O) groups excluding carboxylic acids is 1. The maximum atomic E-state index is 12.6. The molecule has 1 aliphatic rings. The second kappa shape index (κ2) is 9.66. The molecule has 3 rings (SSSR count). The second-order valence-corrected chi connectivity index (χ2v) is 9.42. The van der Waals surface area contributed by atoms with Gasteiger partial charge in [-0.25, -0.2) is 13.1 Å². The summed E-state index contributed by atoms with van der Waals surface area (Å²) in [6.07, 6.45) is 1.58. The van der Waals surface area contributed by atoms with Gasteiger partial charge in [0.2, 0.25) is 15.9 Å². The first-order valence-electron chi connectivity index (χ1n) is 8.60. The fourth-order valence-corrected chi connectivity index (χ4v) is 5.48. The Bertz CT molecular complexity index is 883. The van der Waals surface area contributed by atoms with Crippen molar-refractivity contribution >= 4 is 39.7 Å². The SMILES string of the molecule is CC(=O)NCCc1ccc(S(=O)(=O)NCC2NCCc3ccccc32)s1.Cl. The molecule has 1 unspecified atom stereocenters. The highest BCUT2D eigenvalue weighted by molar-refractivity contribution is 7.91. The monoisotopic (exact) mass is 429 g/mol. The molecule has 6 nitrogen and oxygen atoms in total. The molecule has 0 radical (unpaired) electrons. The zero-order chi connectivity index (χ0) is 18.6. The van der Waals surface area contributed by atoms with Gasteiger partial charge in [-0.15, -0.1) is 23.7 Å². The van der Waals surface area contributed by atoms with E-state index in [4.69, 9.17) is 0 Å². The van der Waals surface area contributed by atoms with Crippen molar-refractivity contribution in [3.8, 4) is 0 Å². The molecule has 1 amide bonds. The Labute approximate surface area is 170 Å². The van der Waals surface area contributed by atoms with E-state index in [9.17, 15) is 13.2 Å². The molecule has 0 spiro atoms. The van der Waals surface area contributed by atoms with Crippen LogP contribution in [-0.4, -0.2) is 34.0 Å². The van der Waals surface area contributed by atoms with Crippen LogP contribution in [-0.2, 0) is 27.7 Å². The van der Waals surface area contributed by atoms with Crippen LogP contribution < -0.4 is 15.4 Å². The largest absolute Gasteiger partial charge is 0.356 e. The van der Waals surface area contributed by atoms with E-state index >= 15 is 0 Å². The van der Waals surface area contributed by atoms with Gasteiger partial charge in [0.05, 0.1) is 0 Å². The van der Waals surface area contributed by atoms with Crippen LogP contribution in [0.4, 0.5) is 0 Å². The van der Waals surface area contributed by atoms with E-state index in [1.54, 1.807) is 12.1 Å². The summed E-state index contributed by atoms with van der Waals surface area (Å²) in [5, 5.41) is 6.09. The van der Waals surface area contributed by atoms with Gasteiger partial charge in [-0.3, -0.25) is 4.79 Å². The highest BCUT2D eigenvalue weighted by Crippen LogP contribution is 2.24. The summed E-state index contributed by atoms with van der Waals surface area (Å²) in [6, 6.07) is 11.5. The van der Waals surface area contributed by atoms with Gasteiger partial charge in [-0.2, -0.15) is 0 Å². The number of carbonyl (C=O) groups is 1. The van der Waals surface area contributed by atoms with E-state index in [1.807, 2.05) is 18.2 Å². The minimum Gasteiger partial charge on any atom is -0.356 e. The summed E-state index contributed by atoms with van der Waals surface area (Å²) < 4.78 is 28.2. The number of sulfonamides is 1. The standard InChI is InChI=1S/C18H23N3O3S2.ClH/c1-13(22)19-11-9-15-6-7-18(25-15)26(23,24)21-12-17-16-5-3-2-4-14(16)8-10-20-17;/h2-7,17,20-21H,8-12H2,1H3,(H,19,22);1H. The number of hydrogen-bond acceptors (Lipinski definition) is 5. The number of amides is 1. The Morgan fingerprint density at radius 3 is 2.81 bits per heavy atom. The minimum atomic E-state index is -3.54. The zero-order valence-electron chi connectivity index (χ0n) is 15.0. The molecule has 0 aliphatic carbocycles. The molecule has 27 heavy (non-hydrogen) atoms. The van der Waals surface area contributed by atoms with E-state index in [0.717, 1.165) is 23.4 Å². The molecule has 1 atom stereocenters. The lowest BCUT2D eigenvalue weighted by Gasteiger charge is -2.27. The molecule has 0 saturated heterocycles. The van der Waals surface area contributed by atoms with E-state index in [-0.39, 0.29) is 24.4 Å². The molecular weight excluding hydrogens is 406 g/mol. The van der Waals surface area contributed by atoms with Crippen molar-refractivity contribution in [3.05, 3.63) is 52.4 Å². The predicted molar refractivity (Wildman–Crippen MR) is 110 cm³/mol. The lowest BCUT2D eigenvalue weighted by Crippen LogP contribution is -2.38. The smallest absolute Gasteiger partial charge is 0.250 e. The lowest BCUT2D eigenvalue weighted by atomic mass is 9.95. The third-order valence-corrected chi connectivity index (χ3v) is 7.40. The van der Waals surface area contributed by atoms with Crippen molar-refractivity contribution in [3.63, 3.8) is 0 Å². The molecule has 148 valence electrons. The summed E-state index contributed by atoms with van der Waals surface area (Å²) in [4.78, 5) is 11.8. The maximum absolute atomic E-state index is 12.6. The van der Waals surface area contributed by atoms with Crippen LogP contribution in [0.25, 0.3) is 0 Å². The Hall–Kier alpha value is -1.45. The third kappa shape index (κ3) is 5.76. The molecule has 2 aromatic rings. The summed E-state index contributed by atoms with van der Waals surface area (Å²) >= 11 is 1.24. The normalized spacial score (nSPS) is 16.3. The van der Waals surface area contributed by atoms with Gasteiger partial charge in [0, 0.05) is 30.9 Å². The van der Waals surface area contributed by atoms with Gasteiger partial charge in [0.1, 0.15) is 4.21 Å². The molecule has 9 heteroatoms. The van der Waals surface area contributed by atoms with Gasteiger partial charge < -0.3 is 10.6 Å². The number of halogens is 1. The Kier molecular flexibility index (Phi) is 7.81. The molecule has 1 aliphatic heterocycles. The van der Waals surface area contributed by atoms with Crippen LogP contribution in [0, 0.1) is 0 Å². The van der Waals surface area contributed by atoms with Crippen LogP contribution in [0.3, 0.4) is 0 Å². The summed E-state index contributed by atoms with van der Waals surface area (Å²) in [7, 11) is -3.54. The fourth-order valence-electron chi connectivity index (χ4n) is 3.04. The Morgan fingerprint density at radius 2 is 2.04 bits per heavy atom. The molecular formula is C18H24ClN3O3S2. The molecule has 2 heterocycles. The molecule has 0 fully saturated rings. The first kappa shape index (κ1) is 21.8. The molecule has 0 saturated carbocycles. The van der Waals surface area contributed by atoms with Crippen LogP contribution in [0.5, 0.6) is 0 Å². The van der Waals surface area contributed by atoms with Gasteiger partial charge in [-0.05, 0) is 42.6 Å². The van der Waals surface area contributed by atoms with Crippen molar-refractivity contribution in [2.24, 2.45) is 0 Å². The second-order valence-electron chi connectivity index (χ2n) is 6.26. The highest BCUT2D eigenvalue weighted by atomic mass is 35.5. The summed E-state index contributed by atoms with van der Waals surface area (Å²) in [6.45, 7) is 3.13. The predicted octanol–water partition coefficient (Wildman–Crippen LogP) is 2.01. The van der Waals surface area contributed by atoms with Gasteiger partial charge in [0.25, 0.3) is 0 Å². The molecule has 3 N–H and O–H groups in total. The van der Waals surface area contributed by atoms with E-state index in [2.05, 4.69) is 21.4 Å². The topological polar surface area (TPSA) is 87.3 Å². The number of benzene rings is 1. The number of nitrogens with one attached hydrogen (secondary N) is 3. The number of thiophene rings is 1. The number of rotatable bonds is 7. The van der Waals surface area contributed by atoms with Crippen molar-refractivity contribution < 1.29 is 13.2 Å². The van der Waals surface area contributed by atoms with Gasteiger partial charge in [-0.1, -0.05) is 24.3 Å². The van der Waals surface area contributed by atoms with Crippen LogP contribution in [0.1, 0.15) is 29.0 Å². The van der Waals surface area contributed by atoms with Gasteiger partial charge >= 0.3 is 0 Å². The quantitative estimate of drug-likeness (QED) is 0.628. The molecule has 1 aromatic heterocycles. The highest BCUT2D eigenvalue weighted by Gasteiger charge is 2.23. The van der Waals surface area contributed by atoms with E-state index in [1.165, 1.54) is 23.8 Å². The maximum Gasteiger partial charge on any atom is 0.250 e. The molecule has 0 bridgehead atoms. The minimum absolute atomic E-state index is 0. The number of hydrogen-bond donors (Lipinski definition) is 3. The first-order chi connectivity index (χ1) is 12.5. The van der Waals surface area contributed by atoms with Crippen molar-refractivity contribution in [2.75, 3.05) is 19.6 Å². The van der Waals surface area contributed by atoms with Crippen molar-refractivity contribution in [1.82, 2.24) is 15.4 Å². The zero-order valence-corrected chi connectivity index (χ0v) is 17.5. The van der Waals surface area contributed by atoms with Crippen LogP contribution in [0.15, 0.2) is 40.6 Å². The van der Waals surface area contributed by atoms with Crippen LogP contribution in [0.2, 0.25) is 0 Å². The Morgan fingerprint density at radius 1 is 1.26 bits per heavy atom. The first-order valence-corrected chi connectivity index (χ1v) is 10.9. The van der Waals surface area contributed by atoms with Crippen LogP contribution >= 0.6 is 23.7 Å². The lowest BCUT2D eigenvalue weighted by molar-refractivity contribution is -0.118. The summed E-state index contributed by atoms with van der Waals surface area (Å²) in [5.41, 5.74) is 2.43. The molecule has 1 aromatic carbocycles. The summed E-state index contributed by atoms with van der Waals surface area (Å²) in [5.74, 6) is -0.0867. The number of fused-ring (bicyclic) bond motifs is 1.